The van der Waals surface area contributed by atoms with Crippen LogP contribution in [0.5, 0.6) is 11.5 Å². The number of alkyl halides is 6. The molecule has 0 saturated carbocycles. The second kappa shape index (κ2) is 11.0. The molecule has 39 heavy (non-hydrogen) atoms. The maximum Gasteiger partial charge on any atom is 0.573 e. The molecule has 0 unspecified atom stereocenters. The lowest BCUT2D eigenvalue weighted by Gasteiger charge is -2.31. The lowest BCUT2D eigenvalue weighted by Crippen LogP contribution is -2.50. The molecule has 12 heteroatoms. The van der Waals surface area contributed by atoms with Gasteiger partial charge in [0, 0.05) is 5.39 Å². The predicted molar refractivity (Wildman–Crippen MR) is 129 cm³/mol. The Labute approximate surface area is 219 Å². The number of carboxylic acids is 1. The monoisotopic (exact) mass is 557 g/mol. The summed E-state index contributed by atoms with van der Waals surface area (Å²) in [6, 6.07) is 8.87. The number of fused-ring (bicyclic) bond motifs is 1. The van der Waals surface area contributed by atoms with E-state index >= 15 is 0 Å². The Balaban J connectivity index is 2.03. The van der Waals surface area contributed by atoms with Gasteiger partial charge in [0.2, 0.25) is 0 Å². The van der Waals surface area contributed by atoms with Gasteiger partial charge in [0.25, 0.3) is 5.91 Å². The average Bonchev–Trinajstić information content (AvgIpc) is 2.84. The molecular formula is C27H25F6NO5. The first-order valence-corrected chi connectivity index (χ1v) is 11.7. The highest BCUT2D eigenvalue weighted by atomic mass is 19.4. The fourth-order valence-electron chi connectivity index (χ4n) is 3.75. The molecule has 6 nitrogen and oxygen atoms in total. The highest BCUT2D eigenvalue weighted by Crippen LogP contribution is 2.37. The number of halogens is 6. The number of hydrogen-bond acceptors (Lipinski definition) is 4. The predicted octanol–water partition coefficient (Wildman–Crippen LogP) is 6.96. The van der Waals surface area contributed by atoms with Gasteiger partial charge in [0.15, 0.2) is 0 Å². The second-order valence-electron chi connectivity index (χ2n) is 9.44. The van der Waals surface area contributed by atoms with Crippen molar-refractivity contribution in [2.24, 2.45) is 5.41 Å². The topological polar surface area (TPSA) is 84.9 Å². The number of carbonyl (C=O) groups excluding carboxylic acids is 1. The van der Waals surface area contributed by atoms with Gasteiger partial charge >= 0.3 is 18.5 Å². The molecule has 0 spiro atoms. The molecule has 0 bridgehead atoms. The van der Waals surface area contributed by atoms with E-state index in [1.165, 1.54) is 30.3 Å². The number of nitrogens with one attached hydrogen (secondary N) is 1. The summed E-state index contributed by atoms with van der Waals surface area (Å²) >= 11 is 0. The van der Waals surface area contributed by atoms with Gasteiger partial charge in [-0.1, -0.05) is 45.0 Å². The molecule has 1 atom stereocenters. The molecule has 0 aliphatic heterocycles. The van der Waals surface area contributed by atoms with Gasteiger partial charge in [-0.3, -0.25) is 4.79 Å². The van der Waals surface area contributed by atoms with E-state index in [1.54, 1.807) is 20.8 Å². The summed E-state index contributed by atoms with van der Waals surface area (Å²) in [5.74, 6) is -2.90. The highest BCUT2D eigenvalue weighted by molar-refractivity contribution is 6.05. The Kier molecular flexibility index (Phi) is 8.37. The fourth-order valence-corrected chi connectivity index (χ4v) is 3.75. The number of hydrogen-bond donors (Lipinski definition) is 2. The Morgan fingerprint density at radius 1 is 0.949 bits per heavy atom. The zero-order valence-corrected chi connectivity index (χ0v) is 21.0. The lowest BCUT2D eigenvalue weighted by molar-refractivity contribution is -0.274. The van der Waals surface area contributed by atoms with Crippen molar-refractivity contribution in [2.75, 3.05) is 0 Å². The van der Waals surface area contributed by atoms with Crippen molar-refractivity contribution in [1.29, 1.82) is 0 Å². The van der Waals surface area contributed by atoms with E-state index in [-0.39, 0.29) is 23.3 Å². The smallest absolute Gasteiger partial charge is 0.487 e. The third kappa shape index (κ3) is 7.33. The van der Waals surface area contributed by atoms with Crippen LogP contribution < -0.4 is 14.8 Å². The van der Waals surface area contributed by atoms with Crippen molar-refractivity contribution >= 4 is 22.6 Å². The molecule has 3 rings (SSSR count). The van der Waals surface area contributed by atoms with Crippen LogP contribution in [0.25, 0.3) is 10.8 Å². The Bertz CT molecular complexity index is 1350. The number of aliphatic carboxylic acids is 1. The largest absolute Gasteiger partial charge is 0.573 e. The number of benzene rings is 3. The third-order valence-corrected chi connectivity index (χ3v) is 6.30. The van der Waals surface area contributed by atoms with Crippen LogP contribution in [0.2, 0.25) is 0 Å². The minimum atomic E-state index is -4.89. The van der Waals surface area contributed by atoms with E-state index in [1.807, 2.05) is 0 Å². The molecule has 0 saturated heterocycles. The van der Waals surface area contributed by atoms with Crippen LogP contribution in [0, 0.1) is 5.41 Å². The van der Waals surface area contributed by atoms with Gasteiger partial charge in [-0.25, -0.2) is 4.79 Å². The fraction of sp³-hybridized carbons (Fsp3) is 0.333. The van der Waals surface area contributed by atoms with Crippen LogP contribution in [0.4, 0.5) is 26.3 Å². The summed E-state index contributed by atoms with van der Waals surface area (Å²) < 4.78 is 87.3. The quantitative estimate of drug-likeness (QED) is 0.278. The van der Waals surface area contributed by atoms with Crippen molar-refractivity contribution in [1.82, 2.24) is 5.32 Å². The van der Waals surface area contributed by atoms with Gasteiger partial charge in [-0.05, 0) is 53.1 Å². The number of carboxylic acid groups (broad SMARTS) is 1. The first kappa shape index (κ1) is 29.6. The summed E-state index contributed by atoms with van der Waals surface area (Å²) in [6.45, 7) is 4.71. The molecule has 2 N–H and O–H groups in total. The molecule has 1 amide bonds. The summed E-state index contributed by atoms with van der Waals surface area (Å²) in [6.07, 6.45) is -9.19. The second-order valence-corrected chi connectivity index (χ2v) is 9.44. The minimum Gasteiger partial charge on any atom is -0.487 e. The van der Waals surface area contributed by atoms with E-state index in [2.05, 4.69) is 10.1 Å². The molecule has 0 aliphatic rings. The Morgan fingerprint density at radius 2 is 1.56 bits per heavy atom. The van der Waals surface area contributed by atoms with Crippen molar-refractivity contribution in [2.45, 2.75) is 52.4 Å². The van der Waals surface area contributed by atoms with Crippen LogP contribution >= 0.6 is 0 Å². The summed E-state index contributed by atoms with van der Waals surface area (Å²) in [4.78, 5) is 25.2. The summed E-state index contributed by atoms with van der Waals surface area (Å²) in [5.41, 5.74) is -1.74. The standard InChI is InChI=1S/C27H25F6NO5/c1-4-25(2,3)22(24(36)37)34-23(35)19-12-8-16-7-9-17(26(28,29)30)13-20(16)21(19)38-14-15-5-10-18(11-6-15)39-27(31,32)33/h5-13,22H,4,14H2,1-3H3,(H,34,35)(H,36,37)/t22-/m1/s1. The van der Waals surface area contributed by atoms with Gasteiger partial charge in [-0.15, -0.1) is 13.2 Å². The first-order chi connectivity index (χ1) is 18.0. The van der Waals surface area contributed by atoms with Gasteiger partial charge in [0.1, 0.15) is 24.1 Å². The molecule has 3 aromatic rings. The SMILES string of the molecule is CCC(C)(C)[C@H](NC(=O)c1ccc2ccc(C(F)(F)F)cc2c1OCc1ccc(OC(F)(F)F)cc1)C(=O)O. The zero-order valence-electron chi connectivity index (χ0n) is 21.0. The van der Waals surface area contributed by atoms with E-state index in [4.69, 9.17) is 4.74 Å². The van der Waals surface area contributed by atoms with Crippen molar-refractivity contribution in [3.8, 4) is 11.5 Å². The number of carbonyl (C=O) groups is 2. The summed E-state index contributed by atoms with van der Waals surface area (Å²) in [7, 11) is 0. The highest BCUT2D eigenvalue weighted by Gasteiger charge is 2.36. The van der Waals surface area contributed by atoms with E-state index in [0.29, 0.717) is 17.4 Å². The van der Waals surface area contributed by atoms with Crippen LogP contribution in [0.3, 0.4) is 0 Å². The molecular weight excluding hydrogens is 532 g/mol. The first-order valence-electron chi connectivity index (χ1n) is 11.7. The average molecular weight is 557 g/mol. The van der Waals surface area contributed by atoms with E-state index in [0.717, 1.165) is 24.3 Å². The van der Waals surface area contributed by atoms with Gasteiger partial charge < -0.3 is 19.9 Å². The third-order valence-electron chi connectivity index (χ3n) is 6.30. The van der Waals surface area contributed by atoms with Gasteiger partial charge in [-0.2, -0.15) is 13.2 Å². The molecule has 0 heterocycles. The zero-order chi connectivity index (χ0) is 29.2. The van der Waals surface area contributed by atoms with Crippen LogP contribution in [0.15, 0.2) is 54.6 Å². The van der Waals surface area contributed by atoms with Crippen molar-refractivity contribution < 1.29 is 50.5 Å². The van der Waals surface area contributed by atoms with E-state index in [9.17, 15) is 41.0 Å². The molecule has 3 aromatic carbocycles. The number of amides is 1. The molecule has 0 aromatic heterocycles. The normalized spacial score (nSPS) is 13.2. The molecule has 0 fully saturated rings. The van der Waals surface area contributed by atoms with Crippen LogP contribution in [-0.2, 0) is 17.6 Å². The Hall–Kier alpha value is -3.96. The minimum absolute atomic E-state index is 0.0591. The molecule has 0 radical (unpaired) electrons. The summed E-state index contributed by atoms with van der Waals surface area (Å²) in [5, 5.41) is 12.4. The van der Waals surface area contributed by atoms with E-state index < -0.39 is 47.2 Å². The van der Waals surface area contributed by atoms with Crippen LogP contribution in [0.1, 0.15) is 48.7 Å². The molecule has 210 valence electrons. The number of ether oxygens (including phenoxy) is 2. The van der Waals surface area contributed by atoms with Crippen molar-refractivity contribution in [3.63, 3.8) is 0 Å². The number of rotatable bonds is 9. The Morgan fingerprint density at radius 3 is 2.10 bits per heavy atom. The maximum absolute atomic E-state index is 13.5. The molecule has 0 aliphatic carbocycles. The van der Waals surface area contributed by atoms with Gasteiger partial charge in [0.05, 0.1) is 11.1 Å². The lowest BCUT2D eigenvalue weighted by atomic mass is 9.81. The maximum atomic E-state index is 13.5. The van der Waals surface area contributed by atoms with Crippen molar-refractivity contribution in [3.05, 3.63) is 71.3 Å². The van der Waals surface area contributed by atoms with Crippen LogP contribution in [-0.4, -0.2) is 29.4 Å².